The number of aromatic amines is 1. The molecule has 0 aliphatic heterocycles. The Bertz CT molecular complexity index is 516. The molecule has 1 aliphatic rings. The Labute approximate surface area is 95.6 Å². The van der Waals surface area contributed by atoms with Gasteiger partial charge in [0.25, 0.3) is 0 Å². The number of nitrogens with zero attached hydrogens (tertiary/aromatic N) is 1. The van der Waals surface area contributed by atoms with Gasteiger partial charge in [-0.2, -0.15) is 5.10 Å². The standard InChI is InChI=1S/C11H11BrN2O/c12-10-9-7(6-11(15)4-5-11)2-1-3-8(9)13-14-10/h1-3,15H,4-6H2,(H,13,14). The summed E-state index contributed by atoms with van der Waals surface area (Å²) in [5.74, 6) is 0. The van der Waals surface area contributed by atoms with E-state index < -0.39 is 5.60 Å². The van der Waals surface area contributed by atoms with Crippen molar-refractivity contribution in [1.82, 2.24) is 10.2 Å². The predicted octanol–water partition coefficient (Wildman–Crippen LogP) is 2.39. The molecule has 0 unspecified atom stereocenters. The van der Waals surface area contributed by atoms with Gasteiger partial charge in [-0.25, -0.2) is 0 Å². The van der Waals surface area contributed by atoms with Crippen molar-refractivity contribution in [1.29, 1.82) is 0 Å². The van der Waals surface area contributed by atoms with E-state index >= 15 is 0 Å². The molecule has 0 saturated heterocycles. The number of rotatable bonds is 2. The molecule has 1 aliphatic carbocycles. The van der Waals surface area contributed by atoms with Crippen molar-refractivity contribution in [2.45, 2.75) is 24.9 Å². The minimum absolute atomic E-state index is 0.453. The lowest BCUT2D eigenvalue weighted by molar-refractivity contribution is 0.151. The van der Waals surface area contributed by atoms with Crippen LogP contribution in [0.3, 0.4) is 0 Å². The molecule has 0 amide bonds. The zero-order chi connectivity index (χ0) is 10.5. The summed E-state index contributed by atoms with van der Waals surface area (Å²) in [6.45, 7) is 0. The third kappa shape index (κ3) is 1.58. The molecule has 15 heavy (non-hydrogen) atoms. The highest BCUT2D eigenvalue weighted by Gasteiger charge is 2.40. The number of benzene rings is 1. The monoisotopic (exact) mass is 266 g/mol. The first-order valence-electron chi connectivity index (χ1n) is 5.02. The molecule has 2 aromatic rings. The number of H-pyrrole nitrogens is 1. The summed E-state index contributed by atoms with van der Waals surface area (Å²) >= 11 is 3.45. The summed E-state index contributed by atoms with van der Waals surface area (Å²) in [5, 5.41) is 18.1. The first kappa shape index (κ1) is 9.36. The van der Waals surface area contributed by atoms with Crippen LogP contribution in [0.4, 0.5) is 0 Å². The van der Waals surface area contributed by atoms with Gasteiger partial charge in [-0.05, 0) is 40.4 Å². The van der Waals surface area contributed by atoms with Gasteiger partial charge in [0.2, 0.25) is 0 Å². The molecule has 3 rings (SSSR count). The molecule has 0 bridgehead atoms. The lowest BCUT2D eigenvalue weighted by atomic mass is 10.0. The zero-order valence-electron chi connectivity index (χ0n) is 8.13. The third-order valence-corrected chi connectivity index (χ3v) is 3.54. The van der Waals surface area contributed by atoms with Gasteiger partial charge in [0.15, 0.2) is 0 Å². The van der Waals surface area contributed by atoms with E-state index in [9.17, 15) is 5.11 Å². The molecule has 3 nitrogen and oxygen atoms in total. The van der Waals surface area contributed by atoms with Gasteiger partial charge in [-0.3, -0.25) is 5.10 Å². The number of hydrogen-bond acceptors (Lipinski definition) is 2. The molecule has 0 atom stereocenters. The maximum atomic E-state index is 9.92. The highest BCUT2D eigenvalue weighted by atomic mass is 79.9. The summed E-state index contributed by atoms with van der Waals surface area (Å²) in [6.07, 6.45) is 2.56. The smallest absolute Gasteiger partial charge is 0.109 e. The second kappa shape index (κ2) is 3.06. The van der Waals surface area contributed by atoms with Crippen molar-refractivity contribution in [2.24, 2.45) is 0 Å². The molecular formula is C11H11BrN2O. The molecule has 1 saturated carbocycles. The normalized spacial score (nSPS) is 18.3. The Morgan fingerprint density at radius 3 is 3.00 bits per heavy atom. The number of fused-ring (bicyclic) bond motifs is 1. The number of nitrogens with one attached hydrogen (secondary N) is 1. The van der Waals surface area contributed by atoms with Crippen LogP contribution in [-0.4, -0.2) is 20.9 Å². The first-order chi connectivity index (χ1) is 7.18. The van der Waals surface area contributed by atoms with Gasteiger partial charge in [0.05, 0.1) is 11.1 Å². The molecule has 78 valence electrons. The van der Waals surface area contributed by atoms with E-state index in [1.807, 2.05) is 12.1 Å². The minimum Gasteiger partial charge on any atom is -0.390 e. The zero-order valence-corrected chi connectivity index (χ0v) is 9.71. The van der Waals surface area contributed by atoms with Crippen LogP contribution in [-0.2, 0) is 6.42 Å². The van der Waals surface area contributed by atoms with Gasteiger partial charge in [-0.1, -0.05) is 12.1 Å². The van der Waals surface area contributed by atoms with Crippen molar-refractivity contribution >= 4 is 26.8 Å². The lowest BCUT2D eigenvalue weighted by Crippen LogP contribution is -2.10. The van der Waals surface area contributed by atoms with E-state index in [2.05, 4.69) is 32.2 Å². The summed E-state index contributed by atoms with van der Waals surface area (Å²) in [6, 6.07) is 6.01. The van der Waals surface area contributed by atoms with Crippen molar-refractivity contribution in [2.75, 3.05) is 0 Å². The Balaban J connectivity index is 2.12. The quantitative estimate of drug-likeness (QED) is 0.877. The molecule has 1 aromatic heterocycles. The lowest BCUT2D eigenvalue weighted by Gasteiger charge is -2.08. The van der Waals surface area contributed by atoms with Crippen LogP contribution < -0.4 is 0 Å². The largest absolute Gasteiger partial charge is 0.390 e. The van der Waals surface area contributed by atoms with Gasteiger partial charge in [0, 0.05) is 11.8 Å². The average molecular weight is 267 g/mol. The van der Waals surface area contributed by atoms with E-state index in [0.29, 0.717) is 0 Å². The minimum atomic E-state index is -0.453. The van der Waals surface area contributed by atoms with E-state index in [1.54, 1.807) is 0 Å². The molecule has 4 heteroatoms. The highest BCUT2D eigenvalue weighted by Crippen LogP contribution is 2.40. The van der Waals surface area contributed by atoms with Gasteiger partial charge >= 0.3 is 0 Å². The molecule has 0 radical (unpaired) electrons. The summed E-state index contributed by atoms with van der Waals surface area (Å²) in [4.78, 5) is 0. The fourth-order valence-corrected chi connectivity index (χ4v) is 2.47. The maximum absolute atomic E-state index is 9.92. The number of halogens is 1. The van der Waals surface area contributed by atoms with Crippen molar-refractivity contribution in [3.63, 3.8) is 0 Å². The van der Waals surface area contributed by atoms with Crippen molar-refractivity contribution < 1.29 is 5.11 Å². The molecule has 0 spiro atoms. The highest BCUT2D eigenvalue weighted by molar-refractivity contribution is 9.10. The summed E-state index contributed by atoms with van der Waals surface area (Å²) < 4.78 is 0.900. The van der Waals surface area contributed by atoms with Crippen LogP contribution in [0.1, 0.15) is 18.4 Å². The average Bonchev–Trinajstić information content (AvgIpc) is 2.80. The van der Waals surface area contributed by atoms with Crippen molar-refractivity contribution in [3.05, 3.63) is 28.4 Å². The number of hydrogen-bond donors (Lipinski definition) is 2. The summed E-state index contributed by atoms with van der Waals surface area (Å²) in [5.41, 5.74) is 1.65. The van der Waals surface area contributed by atoms with Crippen LogP contribution in [0.5, 0.6) is 0 Å². The fraction of sp³-hybridized carbons (Fsp3) is 0.364. The predicted molar refractivity (Wildman–Crippen MR) is 61.7 cm³/mol. The molecule has 1 fully saturated rings. The van der Waals surface area contributed by atoms with E-state index in [1.165, 1.54) is 0 Å². The van der Waals surface area contributed by atoms with Crippen LogP contribution >= 0.6 is 15.9 Å². The number of aliphatic hydroxyl groups is 1. The van der Waals surface area contributed by atoms with E-state index in [-0.39, 0.29) is 0 Å². The Hall–Kier alpha value is -0.870. The fourth-order valence-electron chi connectivity index (χ4n) is 1.92. The number of aromatic nitrogens is 2. The SMILES string of the molecule is OC1(Cc2cccc3n[nH]c(Br)c23)CC1. The molecule has 2 N–H and O–H groups in total. The van der Waals surface area contributed by atoms with Gasteiger partial charge in [-0.15, -0.1) is 0 Å². The van der Waals surface area contributed by atoms with Crippen LogP contribution in [0.2, 0.25) is 0 Å². The molecular weight excluding hydrogens is 256 g/mol. The topological polar surface area (TPSA) is 48.9 Å². The second-order valence-electron chi connectivity index (χ2n) is 4.25. The van der Waals surface area contributed by atoms with Crippen molar-refractivity contribution in [3.8, 4) is 0 Å². The van der Waals surface area contributed by atoms with E-state index in [4.69, 9.17) is 0 Å². The Kier molecular flexibility index (Phi) is 1.91. The van der Waals surface area contributed by atoms with Gasteiger partial charge in [0.1, 0.15) is 4.60 Å². The maximum Gasteiger partial charge on any atom is 0.109 e. The van der Waals surface area contributed by atoms with Crippen LogP contribution in [0, 0.1) is 0 Å². The van der Waals surface area contributed by atoms with Crippen LogP contribution in [0.15, 0.2) is 22.8 Å². The Morgan fingerprint density at radius 2 is 2.27 bits per heavy atom. The third-order valence-electron chi connectivity index (χ3n) is 2.97. The molecule has 1 heterocycles. The Morgan fingerprint density at radius 1 is 1.47 bits per heavy atom. The van der Waals surface area contributed by atoms with Gasteiger partial charge < -0.3 is 5.11 Å². The van der Waals surface area contributed by atoms with Crippen LogP contribution in [0.25, 0.3) is 10.9 Å². The first-order valence-corrected chi connectivity index (χ1v) is 5.81. The summed E-state index contributed by atoms with van der Waals surface area (Å²) in [7, 11) is 0. The molecule has 1 aromatic carbocycles. The van der Waals surface area contributed by atoms with E-state index in [0.717, 1.165) is 40.3 Å². The second-order valence-corrected chi connectivity index (χ2v) is 5.04.